The van der Waals surface area contributed by atoms with Crippen molar-refractivity contribution in [2.24, 2.45) is 0 Å². The van der Waals surface area contributed by atoms with Gasteiger partial charge in [-0.2, -0.15) is 16.8 Å². The van der Waals surface area contributed by atoms with E-state index in [1.807, 2.05) is 13.8 Å². The molecule has 0 aromatic heterocycles. The molecule has 0 aromatic rings. The van der Waals surface area contributed by atoms with Gasteiger partial charge in [0, 0.05) is 0 Å². The van der Waals surface area contributed by atoms with Gasteiger partial charge in [0.05, 0.1) is 13.2 Å². The van der Waals surface area contributed by atoms with Gasteiger partial charge in [-0.25, -0.2) is 8.37 Å². The van der Waals surface area contributed by atoms with Crippen molar-refractivity contribution in [1.82, 2.24) is 4.90 Å². The summed E-state index contributed by atoms with van der Waals surface area (Å²) in [6.45, 7) is 14.0. The minimum absolute atomic E-state index is 0.0648. The van der Waals surface area contributed by atoms with Crippen LogP contribution in [0.25, 0.3) is 0 Å². The molecule has 0 atom stereocenters. The summed E-state index contributed by atoms with van der Waals surface area (Å²) in [5, 5.41) is 0. The quantitative estimate of drug-likeness (QED) is 0.390. The van der Waals surface area contributed by atoms with Crippen molar-refractivity contribution in [1.29, 1.82) is 0 Å². The average Bonchev–Trinajstić information content (AvgIpc) is 2.48. The molecule has 2 N–H and O–H groups in total. The van der Waals surface area contributed by atoms with Crippen molar-refractivity contribution in [2.75, 3.05) is 32.8 Å². The Labute approximate surface area is 153 Å². The van der Waals surface area contributed by atoms with Crippen molar-refractivity contribution < 1.29 is 34.3 Å². The number of rotatable bonds is 11. The van der Waals surface area contributed by atoms with E-state index < -0.39 is 20.8 Å². The molecule has 0 spiro atoms. The molecule has 0 aromatic carbocycles. The molecule has 156 valence electrons. The summed E-state index contributed by atoms with van der Waals surface area (Å²) in [7, 11) is -8.39. The van der Waals surface area contributed by atoms with Gasteiger partial charge >= 0.3 is 20.8 Å². The van der Waals surface area contributed by atoms with E-state index in [0.717, 1.165) is 12.8 Å². The maximum atomic E-state index is 9.84. The molecule has 0 unspecified atom stereocenters. The van der Waals surface area contributed by atoms with Gasteiger partial charge in [-0.3, -0.25) is 9.11 Å². The van der Waals surface area contributed by atoms with Gasteiger partial charge in [0.15, 0.2) is 0 Å². The lowest BCUT2D eigenvalue weighted by atomic mass is 10.4. The first-order valence-electron chi connectivity index (χ1n) is 8.43. The average molecular weight is 410 g/mol. The van der Waals surface area contributed by atoms with E-state index in [4.69, 9.17) is 9.11 Å². The minimum atomic E-state index is -4.20. The highest BCUT2D eigenvalue weighted by Crippen LogP contribution is 1.92. The summed E-state index contributed by atoms with van der Waals surface area (Å²) in [4.78, 5) is 2.38. The van der Waals surface area contributed by atoms with Gasteiger partial charge in [0.1, 0.15) is 0 Å². The van der Waals surface area contributed by atoms with E-state index in [2.05, 4.69) is 34.0 Å². The van der Waals surface area contributed by atoms with Crippen LogP contribution in [-0.2, 0) is 29.2 Å². The van der Waals surface area contributed by atoms with E-state index in [1.165, 1.54) is 19.6 Å². The Morgan fingerprint density at radius 1 is 0.680 bits per heavy atom. The summed E-state index contributed by atoms with van der Waals surface area (Å²) in [6, 6.07) is 0. The molecule has 0 aliphatic rings. The molecule has 0 heterocycles. The van der Waals surface area contributed by atoms with Crippen LogP contribution >= 0.6 is 0 Å². The first kappa shape index (κ1) is 29.5. The third kappa shape index (κ3) is 35.6. The summed E-state index contributed by atoms with van der Waals surface area (Å²) >= 11 is 0. The smallest absolute Gasteiger partial charge is 0.304 e. The van der Waals surface area contributed by atoms with Gasteiger partial charge in [0.25, 0.3) is 0 Å². The molecular weight excluding hydrogens is 374 g/mol. The molecule has 0 bridgehead atoms. The fourth-order valence-corrected chi connectivity index (χ4v) is 1.94. The Bertz CT molecular complexity index is 418. The van der Waals surface area contributed by atoms with Crippen LogP contribution in [0.5, 0.6) is 0 Å². The lowest BCUT2D eigenvalue weighted by molar-refractivity contribution is 0.263. The summed E-state index contributed by atoms with van der Waals surface area (Å²) in [5.41, 5.74) is 0. The molecule has 0 amide bonds. The standard InChI is InChI=1S/C6H15N.2C4H10O4S/c1-4-7(5-2)6-3;2*1-2-3-4-8-9(5,6)7/h4-6H2,1-3H3;2*2-4H2,1H3,(H,5,6,7). The first-order valence-corrected chi connectivity index (χ1v) is 11.2. The number of unbranched alkanes of at least 4 members (excludes halogenated alkanes) is 2. The SMILES string of the molecule is CCCCOS(=O)(=O)O.CCCCOS(=O)(=O)O.CCN(CC)CC. The maximum absolute atomic E-state index is 9.84. The zero-order chi connectivity index (χ0) is 20.4. The van der Waals surface area contributed by atoms with Crippen molar-refractivity contribution in [2.45, 2.75) is 60.3 Å². The largest absolute Gasteiger partial charge is 0.397 e. The Kier molecular flexibility index (Phi) is 21.8. The second-order valence-electron chi connectivity index (χ2n) is 4.83. The van der Waals surface area contributed by atoms with Crippen LogP contribution in [0.15, 0.2) is 0 Å². The van der Waals surface area contributed by atoms with Crippen LogP contribution in [0.1, 0.15) is 60.3 Å². The predicted octanol–water partition coefficient (Wildman–Crippen LogP) is 2.56. The third-order valence-corrected chi connectivity index (χ3v) is 3.73. The molecule has 0 aliphatic heterocycles. The van der Waals surface area contributed by atoms with Gasteiger partial charge in [-0.15, -0.1) is 0 Å². The minimum Gasteiger partial charge on any atom is -0.304 e. The molecule has 25 heavy (non-hydrogen) atoms. The molecule has 0 aliphatic carbocycles. The van der Waals surface area contributed by atoms with Crippen LogP contribution in [0.2, 0.25) is 0 Å². The van der Waals surface area contributed by atoms with Crippen molar-refractivity contribution in [3.63, 3.8) is 0 Å². The van der Waals surface area contributed by atoms with E-state index in [-0.39, 0.29) is 13.2 Å². The first-order chi connectivity index (χ1) is 11.5. The molecule has 0 saturated carbocycles. The zero-order valence-electron chi connectivity index (χ0n) is 16.0. The Hall–Kier alpha value is -0.300. The van der Waals surface area contributed by atoms with E-state index in [0.29, 0.717) is 12.8 Å². The van der Waals surface area contributed by atoms with Gasteiger partial charge in [-0.05, 0) is 32.5 Å². The van der Waals surface area contributed by atoms with Gasteiger partial charge in [0.2, 0.25) is 0 Å². The Morgan fingerprint density at radius 3 is 1.08 bits per heavy atom. The molecule has 0 fully saturated rings. The number of hydrogen-bond acceptors (Lipinski definition) is 7. The van der Waals surface area contributed by atoms with Crippen molar-refractivity contribution >= 4 is 20.8 Å². The topological polar surface area (TPSA) is 130 Å². The van der Waals surface area contributed by atoms with Crippen LogP contribution in [0, 0.1) is 0 Å². The van der Waals surface area contributed by atoms with Crippen molar-refractivity contribution in [3.05, 3.63) is 0 Å². The van der Waals surface area contributed by atoms with E-state index in [1.54, 1.807) is 0 Å². The predicted molar refractivity (Wildman–Crippen MR) is 98.3 cm³/mol. The summed E-state index contributed by atoms with van der Waals surface area (Å²) < 4.78 is 63.3. The second-order valence-corrected chi connectivity index (χ2v) is 7.01. The number of hydrogen-bond donors (Lipinski definition) is 2. The van der Waals surface area contributed by atoms with Crippen LogP contribution in [0.3, 0.4) is 0 Å². The Balaban J connectivity index is -0.000000293. The lowest BCUT2D eigenvalue weighted by Gasteiger charge is -2.13. The van der Waals surface area contributed by atoms with E-state index >= 15 is 0 Å². The molecule has 9 nitrogen and oxygen atoms in total. The molecular formula is C14H35NO8S2. The highest BCUT2D eigenvalue weighted by Gasteiger charge is 2.01. The number of nitrogens with zero attached hydrogens (tertiary/aromatic N) is 1. The molecule has 0 rings (SSSR count). The fourth-order valence-electron chi connectivity index (χ4n) is 1.29. The monoisotopic (exact) mass is 409 g/mol. The normalized spacial score (nSPS) is 11.4. The highest BCUT2D eigenvalue weighted by atomic mass is 32.3. The maximum Gasteiger partial charge on any atom is 0.397 e. The summed E-state index contributed by atoms with van der Waals surface area (Å²) in [6.07, 6.45) is 2.96. The third-order valence-electron chi connectivity index (χ3n) is 2.80. The summed E-state index contributed by atoms with van der Waals surface area (Å²) in [5.74, 6) is 0. The molecule has 0 radical (unpaired) electrons. The van der Waals surface area contributed by atoms with Crippen LogP contribution in [-0.4, -0.2) is 63.7 Å². The fraction of sp³-hybridized carbons (Fsp3) is 1.00. The molecule has 11 heteroatoms. The highest BCUT2D eigenvalue weighted by molar-refractivity contribution is 7.81. The van der Waals surface area contributed by atoms with Crippen LogP contribution in [0.4, 0.5) is 0 Å². The Morgan fingerprint density at radius 2 is 0.960 bits per heavy atom. The zero-order valence-corrected chi connectivity index (χ0v) is 17.6. The van der Waals surface area contributed by atoms with Crippen LogP contribution < -0.4 is 0 Å². The second kappa shape index (κ2) is 18.5. The van der Waals surface area contributed by atoms with Gasteiger partial charge in [-0.1, -0.05) is 47.5 Å². The van der Waals surface area contributed by atoms with Crippen molar-refractivity contribution in [3.8, 4) is 0 Å². The van der Waals surface area contributed by atoms with Gasteiger partial charge < -0.3 is 4.90 Å². The lowest BCUT2D eigenvalue weighted by Crippen LogP contribution is -2.21. The van der Waals surface area contributed by atoms with E-state index in [9.17, 15) is 16.8 Å². The molecule has 0 saturated heterocycles.